The van der Waals surface area contributed by atoms with Crippen molar-refractivity contribution in [2.75, 3.05) is 20.3 Å². The van der Waals surface area contributed by atoms with Crippen LogP contribution in [0.3, 0.4) is 0 Å². The molecule has 0 saturated carbocycles. The highest BCUT2D eigenvalue weighted by Gasteiger charge is 2.64. The van der Waals surface area contributed by atoms with Crippen LogP contribution in [0, 0.1) is 11.3 Å². The van der Waals surface area contributed by atoms with Crippen LogP contribution in [0.2, 0.25) is 0 Å². The number of para-hydroxylation sites is 1. The Morgan fingerprint density at radius 3 is 3.00 bits per heavy atom. The molecule has 0 amide bonds. The van der Waals surface area contributed by atoms with Crippen LogP contribution in [0.5, 0.6) is 0 Å². The van der Waals surface area contributed by atoms with Gasteiger partial charge in [0.05, 0.1) is 19.8 Å². The number of ether oxygens (including phenoxy) is 1. The van der Waals surface area contributed by atoms with Crippen molar-refractivity contribution in [1.29, 1.82) is 0 Å². The molecule has 2 unspecified atom stereocenters. The summed E-state index contributed by atoms with van der Waals surface area (Å²) < 4.78 is 5.22. The summed E-state index contributed by atoms with van der Waals surface area (Å²) in [5.41, 5.74) is 4.12. The summed E-state index contributed by atoms with van der Waals surface area (Å²) in [6, 6.07) is 8.61. The van der Waals surface area contributed by atoms with Crippen molar-refractivity contribution in [3.8, 4) is 0 Å². The zero-order valence-electron chi connectivity index (χ0n) is 15.2. The third-order valence-corrected chi connectivity index (χ3v) is 7.06. The average Bonchev–Trinajstić information content (AvgIpc) is 3.06. The van der Waals surface area contributed by atoms with E-state index in [1.165, 1.54) is 29.3 Å². The Balaban J connectivity index is 1.73. The Kier molecular flexibility index (Phi) is 3.37. The lowest BCUT2D eigenvalue weighted by atomic mass is 9.55. The number of methoxy groups -OCH3 is 1. The predicted octanol–water partition coefficient (Wildman–Crippen LogP) is 2.57. The summed E-state index contributed by atoms with van der Waals surface area (Å²) in [6.45, 7) is 2.72. The zero-order valence-corrected chi connectivity index (χ0v) is 15.2. The van der Waals surface area contributed by atoms with E-state index in [-0.39, 0.29) is 30.6 Å². The maximum atomic E-state index is 12.9. The summed E-state index contributed by atoms with van der Waals surface area (Å²) >= 11 is 0. The van der Waals surface area contributed by atoms with Gasteiger partial charge in [0.15, 0.2) is 0 Å². The number of hydrogen-bond acceptors (Lipinski definition) is 4. The number of esters is 1. The molecular weight excluding hydrogens is 328 g/mol. The lowest BCUT2D eigenvalue weighted by Crippen LogP contribution is -2.69. The number of aromatic nitrogens is 1. The standard InChI is InChI=1S/C21H24N2O3/c1-3-12-10-23-17-9-15(12)21(11-24,20(25)26-2)18(23)8-14-13-6-4-5-7-16(13)22-19(14)17/h3-7,15,17-18,22,24H,8-11H2,1-2H3/t15?,17-,18-,21-/m0/s1. The van der Waals surface area contributed by atoms with E-state index >= 15 is 0 Å². The van der Waals surface area contributed by atoms with Crippen molar-refractivity contribution in [3.05, 3.63) is 47.2 Å². The molecule has 5 nitrogen and oxygen atoms in total. The number of rotatable bonds is 2. The highest BCUT2D eigenvalue weighted by Crippen LogP contribution is 2.59. The Bertz CT molecular complexity index is 930. The fourth-order valence-corrected chi connectivity index (χ4v) is 5.88. The van der Waals surface area contributed by atoms with Crippen LogP contribution < -0.4 is 0 Å². The summed E-state index contributed by atoms with van der Waals surface area (Å²) in [6.07, 6.45) is 3.72. The van der Waals surface area contributed by atoms with Crippen molar-refractivity contribution in [1.82, 2.24) is 9.88 Å². The number of fused-ring (bicyclic) bond motifs is 4. The first-order valence-electron chi connectivity index (χ1n) is 9.35. The number of allylic oxidation sites excluding steroid dienone is 1. The number of aromatic amines is 1. The smallest absolute Gasteiger partial charge is 0.316 e. The minimum Gasteiger partial charge on any atom is -0.468 e. The number of H-pyrrole nitrogens is 1. The van der Waals surface area contributed by atoms with E-state index in [2.05, 4.69) is 34.2 Å². The second kappa shape index (κ2) is 5.44. The lowest BCUT2D eigenvalue weighted by molar-refractivity contribution is -0.183. The van der Waals surface area contributed by atoms with Gasteiger partial charge < -0.3 is 14.8 Å². The van der Waals surface area contributed by atoms with Crippen molar-refractivity contribution in [2.45, 2.75) is 31.8 Å². The maximum absolute atomic E-state index is 12.9. The summed E-state index contributed by atoms with van der Waals surface area (Å²) in [5.74, 6) is -0.245. The van der Waals surface area contributed by atoms with E-state index in [1.54, 1.807) is 0 Å². The Labute approximate surface area is 152 Å². The number of benzene rings is 1. The number of carbonyl (C=O) groups is 1. The number of nitrogens with one attached hydrogen (secondary N) is 1. The molecule has 2 N–H and O–H groups in total. The predicted molar refractivity (Wildman–Crippen MR) is 98.6 cm³/mol. The number of hydrogen-bond donors (Lipinski definition) is 2. The van der Waals surface area contributed by atoms with Gasteiger partial charge in [-0.15, -0.1) is 0 Å². The van der Waals surface area contributed by atoms with Crippen molar-refractivity contribution in [3.63, 3.8) is 0 Å². The Morgan fingerprint density at radius 2 is 2.27 bits per heavy atom. The molecule has 0 spiro atoms. The first-order chi connectivity index (χ1) is 12.7. The fourth-order valence-electron chi connectivity index (χ4n) is 5.88. The normalized spacial score (nSPS) is 36.3. The number of piperidine rings is 3. The summed E-state index contributed by atoms with van der Waals surface area (Å²) in [5, 5.41) is 11.7. The van der Waals surface area contributed by atoms with Gasteiger partial charge in [0.1, 0.15) is 5.41 Å². The molecule has 3 saturated heterocycles. The fraction of sp³-hybridized carbons (Fsp3) is 0.476. The van der Waals surface area contributed by atoms with E-state index < -0.39 is 5.41 Å². The first kappa shape index (κ1) is 16.1. The van der Waals surface area contributed by atoms with E-state index in [1.807, 2.05) is 13.0 Å². The van der Waals surface area contributed by atoms with Crippen LogP contribution >= 0.6 is 0 Å². The summed E-state index contributed by atoms with van der Waals surface area (Å²) in [4.78, 5) is 19.0. The van der Waals surface area contributed by atoms with Crippen LogP contribution in [-0.4, -0.2) is 47.3 Å². The zero-order chi connectivity index (χ0) is 18.1. The van der Waals surface area contributed by atoms with Crippen LogP contribution in [0.25, 0.3) is 10.9 Å². The molecule has 5 heterocycles. The Hall–Kier alpha value is -2.11. The molecular formula is C21H24N2O3. The van der Waals surface area contributed by atoms with Crippen LogP contribution in [0.4, 0.5) is 0 Å². The first-order valence-corrected chi connectivity index (χ1v) is 9.35. The molecule has 4 bridgehead atoms. The summed E-state index contributed by atoms with van der Waals surface area (Å²) in [7, 11) is 1.43. The van der Waals surface area contributed by atoms with Gasteiger partial charge in [0.2, 0.25) is 0 Å². The van der Waals surface area contributed by atoms with Crippen molar-refractivity contribution < 1.29 is 14.6 Å². The third kappa shape index (κ3) is 1.75. The molecule has 0 radical (unpaired) electrons. The van der Waals surface area contributed by atoms with Crippen molar-refractivity contribution >= 4 is 16.9 Å². The SMILES string of the molecule is CC=C1CN2[C@H]3Cc4c([nH]c5ccccc45)[C@@H]2CC1[C@]3(CO)C(=O)OC. The van der Waals surface area contributed by atoms with Crippen molar-refractivity contribution in [2.24, 2.45) is 11.3 Å². The van der Waals surface area contributed by atoms with E-state index in [0.29, 0.717) is 0 Å². The molecule has 0 aliphatic carbocycles. The van der Waals surface area contributed by atoms with E-state index in [0.717, 1.165) is 24.9 Å². The quantitative estimate of drug-likeness (QED) is 0.644. The highest BCUT2D eigenvalue weighted by molar-refractivity contribution is 5.86. The molecule has 2 aromatic rings. The topological polar surface area (TPSA) is 65.6 Å². The van der Waals surface area contributed by atoms with Gasteiger partial charge in [-0.3, -0.25) is 9.69 Å². The minimum absolute atomic E-state index is 0.0286. The van der Waals surface area contributed by atoms with Crippen LogP contribution in [0.15, 0.2) is 35.9 Å². The molecule has 1 aromatic heterocycles. The number of aliphatic hydroxyl groups is 1. The van der Waals surface area contributed by atoms with Gasteiger partial charge in [0, 0.05) is 35.1 Å². The molecule has 4 aliphatic heterocycles. The highest BCUT2D eigenvalue weighted by atomic mass is 16.5. The molecule has 6 rings (SSSR count). The van der Waals surface area contributed by atoms with Crippen LogP contribution in [-0.2, 0) is 16.0 Å². The average molecular weight is 352 g/mol. The molecule has 1 aromatic carbocycles. The van der Waals surface area contributed by atoms with Gasteiger partial charge in [-0.1, -0.05) is 29.8 Å². The maximum Gasteiger partial charge on any atom is 0.316 e. The number of nitrogens with zero attached hydrogens (tertiary/aromatic N) is 1. The van der Waals surface area contributed by atoms with Gasteiger partial charge in [0.25, 0.3) is 0 Å². The molecule has 3 fully saturated rings. The largest absolute Gasteiger partial charge is 0.468 e. The van der Waals surface area contributed by atoms with Gasteiger partial charge in [-0.05, 0) is 31.4 Å². The lowest BCUT2D eigenvalue weighted by Gasteiger charge is -2.62. The van der Waals surface area contributed by atoms with Gasteiger partial charge in [-0.25, -0.2) is 0 Å². The van der Waals surface area contributed by atoms with Crippen LogP contribution in [0.1, 0.15) is 30.6 Å². The molecule has 5 atom stereocenters. The second-order valence-corrected chi connectivity index (χ2v) is 7.81. The minimum atomic E-state index is -0.874. The molecule has 136 valence electrons. The molecule has 4 aliphatic rings. The third-order valence-electron chi connectivity index (χ3n) is 7.06. The van der Waals surface area contributed by atoms with E-state index in [4.69, 9.17) is 4.74 Å². The Morgan fingerprint density at radius 1 is 1.46 bits per heavy atom. The second-order valence-electron chi connectivity index (χ2n) is 7.81. The van der Waals surface area contributed by atoms with Gasteiger partial charge >= 0.3 is 5.97 Å². The van der Waals surface area contributed by atoms with E-state index in [9.17, 15) is 9.90 Å². The van der Waals surface area contributed by atoms with Gasteiger partial charge in [-0.2, -0.15) is 0 Å². The number of aliphatic hydroxyl groups excluding tert-OH is 1. The number of carbonyl (C=O) groups excluding carboxylic acids is 1. The molecule has 26 heavy (non-hydrogen) atoms. The monoisotopic (exact) mass is 352 g/mol. The molecule has 5 heteroatoms.